The molecule has 0 radical (unpaired) electrons. The number of nitriles is 1. The molecule has 0 saturated carbocycles. The number of aromatic nitrogens is 4. The van der Waals surface area contributed by atoms with Crippen LogP contribution in [0.1, 0.15) is 29.4 Å². The van der Waals surface area contributed by atoms with Crippen LogP contribution in [0.3, 0.4) is 0 Å². The summed E-state index contributed by atoms with van der Waals surface area (Å²) >= 11 is 0. The standard InChI is InChI=1S/C19H18N6O/c1-2-25-17(7-8-21-25)18(26)24-10-4-9-23-13-16(22-19(23)24)15-6-3-5-14(11-15)12-20/h3,5-8,11,13H,2,4,9-10H2,1H3. The van der Waals surface area contributed by atoms with E-state index >= 15 is 0 Å². The van der Waals surface area contributed by atoms with Crippen LogP contribution in [0.4, 0.5) is 5.95 Å². The summed E-state index contributed by atoms with van der Waals surface area (Å²) in [6, 6.07) is 11.2. The maximum atomic E-state index is 13.0. The van der Waals surface area contributed by atoms with Gasteiger partial charge in [-0.15, -0.1) is 0 Å². The Bertz CT molecular complexity index is 1010. The third kappa shape index (κ3) is 2.65. The van der Waals surface area contributed by atoms with E-state index in [0.29, 0.717) is 30.3 Å². The van der Waals surface area contributed by atoms with Crippen molar-refractivity contribution in [3.8, 4) is 17.3 Å². The lowest BCUT2D eigenvalue weighted by atomic mass is 10.1. The third-order valence-electron chi connectivity index (χ3n) is 4.55. The Kier molecular flexibility index (Phi) is 4.01. The van der Waals surface area contributed by atoms with Crippen molar-refractivity contribution in [1.29, 1.82) is 5.26 Å². The Balaban J connectivity index is 1.72. The minimum Gasteiger partial charge on any atom is -0.316 e. The van der Waals surface area contributed by atoms with Crippen molar-refractivity contribution in [2.75, 3.05) is 11.4 Å². The number of fused-ring (bicyclic) bond motifs is 1. The lowest BCUT2D eigenvalue weighted by molar-refractivity contribution is 0.0970. The largest absolute Gasteiger partial charge is 0.316 e. The summed E-state index contributed by atoms with van der Waals surface area (Å²) in [6.07, 6.45) is 4.46. The van der Waals surface area contributed by atoms with Crippen molar-refractivity contribution >= 4 is 11.9 Å². The number of carbonyl (C=O) groups excluding carboxylic acids is 1. The number of hydrogen-bond donors (Lipinski definition) is 0. The second kappa shape index (κ2) is 6.48. The number of hydrogen-bond acceptors (Lipinski definition) is 4. The smallest absolute Gasteiger partial charge is 0.278 e. The van der Waals surface area contributed by atoms with Gasteiger partial charge in [0.1, 0.15) is 5.69 Å². The van der Waals surface area contributed by atoms with E-state index in [-0.39, 0.29) is 5.91 Å². The molecule has 7 nitrogen and oxygen atoms in total. The molecule has 0 bridgehead atoms. The SMILES string of the molecule is CCn1nccc1C(=O)N1CCCn2cc(-c3cccc(C#N)c3)nc21. The average Bonchev–Trinajstić information content (AvgIpc) is 3.33. The van der Waals surface area contributed by atoms with E-state index in [2.05, 4.69) is 11.2 Å². The average molecular weight is 346 g/mol. The summed E-state index contributed by atoms with van der Waals surface area (Å²) in [5.74, 6) is 0.552. The minimum atomic E-state index is -0.0896. The molecule has 0 saturated heterocycles. The molecule has 1 amide bonds. The van der Waals surface area contributed by atoms with Crippen LogP contribution < -0.4 is 4.90 Å². The molecular weight excluding hydrogens is 328 g/mol. The van der Waals surface area contributed by atoms with Crippen LogP contribution in [0.5, 0.6) is 0 Å². The van der Waals surface area contributed by atoms with Gasteiger partial charge in [-0.25, -0.2) is 4.98 Å². The molecule has 3 heterocycles. The van der Waals surface area contributed by atoms with Gasteiger partial charge in [-0.05, 0) is 31.5 Å². The number of amides is 1. The number of aryl methyl sites for hydroxylation is 2. The van der Waals surface area contributed by atoms with Gasteiger partial charge in [0.05, 0.1) is 17.3 Å². The van der Waals surface area contributed by atoms with E-state index in [4.69, 9.17) is 10.2 Å². The molecule has 0 atom stereocenters. The van der Waals surface area contributed by atoms with E-state index in [0.717, 1.165) is 24.2 Å². The van der Waals surface area contributed by atoms with Gasteiger partial charge in [-0.2, -0.15) is 10.4 Å². The fourth-order valence-corrected chi connectivity index (χ4v) is 3.27. The number of nitrogens with zero attached hydrogens (tertiary/aromatic N) is 6. The first kappa shape index (κ1) is 16.1. The van der Waals surface area contributed by atoms with Gasteiger partial charge in [0.2, 0.25) is 5.95 Å². The Morgan fingerprint density at radius 3 is 3.00 bits per heavy atom. The molecule has 4 rings (SSSR count). The van der Waals surface area contributed by atoms with Crippen LogP contribution in [0.15, 0.2) is 42.7 Å². The van der Waals surface area contributed by atoms with E-state index in [1.165, 1.54) is 0 Å². The molecular formula is C19H18N6O. The first-order valence-electron chi connectivity index (χ1n) is 8.62. The lowest BCUT2D eigenvalue weighted by Crippen LogP contribution is -2.38. The molecule has 26 heavy (non-hydrogen) atoms. The van der Waals surface area contributed by atoms with Gasteiger partial charge in [0.15, 0.2) is 0 Å². The third-order valence-corrected chi connectivity index (χ3v) is 4.55. The predicted molar refractivity (Wildman–Crippen MR) is 96.6 cm³/mol. The molecule has 3 aromatic rings. The topological polar surface area (TPSA) is 79.7 Å². The number of anilines is 1. The van der Waals surface area contributed by atoms with Gasteiger partial charge in [-0.3, -0.25) is 14.4 Å². The van der Waals surface area contributed by atoms with Gasteiger partial charge >= 0.3 is 0 Å². The maximum absolute atomic E-state index is 13.0. The van der Waals surface area contributed by atoms with Crippen molar-refractivity contribution in [2.24, 2.45) is 0 Å². The van der Waals surface area contributed by atoms with Crippen LogP contribution in [-0.2, 0) is 13.1 Å². The van der Waals surface area contributed by atoms with Gasteiger partial charge < -0.3 is 4.57 Å². The molecule has 1 aliphatic heterocycles. The molecule has 0 unspecified atom stereocenters. The Hall–Kier alpha value is -3.40. The molecule has 0 aliphatic carbocycles. The van der Waals surface area contributed by atoms with Crippen molar-refractivity contribution in [3.05, 3.63) is 54.0 Å². The normalized spacial score (nSPS) is 13.3. The zero-order chi connectivity index (χ0) is 18.1. The molecule has 2 aromatic heterocycles. The summed E-state index contributed by atoms with van der Waals surface area (Å²) in [6.45, 7) is 4.04. The zero-order valence-corrected chi connectivity index (χ0v) is 14.5. The molecule has 7 heteroatoms. The van der Waals surface area contributed by atoms with Crippen molar-refractivity contribution in [3.63, 3.8) is 0 Å². The Morgan fingerprint density at radius 1 is 1.31 bits per heavy atom. The van der Waals surface area contributed by atoms with Crippen LogP contribution in [0, 0.1) is 11.3 Å². The summed E-state index contributed by atoms with van der Waals surface area (Å²) in [7, 11) is 0. The maximum Gasteiger partial charge on any atom is 0.278 e. The summed E-state index contributed by atoms with van der Waals surface area (Å²) in [5, 5.41) is 13.3. The van der Waals surface area contributed by atoms with E-state index in [9.17, 15) is 4.79 Å². The monoisotopic (exact) mass is 346 g/mol. The molecule has 0 N–H and O–H groups in total. The lowest BCUT2D eigenvalue weighted by Gasteiger charge is -2.27. The second-order valence-corrected chi connectivity index (χ2v) is 6.15. The van der Waals surface area contributed by atoms with Crippen LogP contribution in [-0.4, -0.2) is 31.8 Å². The van der Waals surface area contributed by atoms with Crippen molar-refractivity contribution < 1.29 is 4.79 Å². The summed E-state index contributed by atoms with van der Waals surface area (Å²) < 4.78 is 3.70. The predicted octanol–water partition coefficient (Wildman–Crippen LogP) is 2.69. The van der Waals surface area contributed by atoms with E-state index in [1.807, 2.05) is 35.9 Å². The first-order chi connectivity index (χ1) is 12.7. The highest BCUT2D eigenvalue weighted by molar-refractivity contribution is 6.04. The summed E-state index contributed by atoms with van der Waals surface area (Å²) in [5.41, 5.74) is 2.79. The highest BCUT2D eigenvalue weighted by Crippen LogP contribution is 2.28. The van der Waals surface area contributed by atoms with E-state index in [1.54, 1.807) is 27.9 Å². The van der Waals surface area contributed by atoms with Crippen LogP contribution in [0.25, 0.3) is 11.3 Å². The van der Waals surface area contributed by atoms with Crippen LogP contribution in [0.2, 0.25) is 0 Å². The fourth-order valence-electron chi connectivity index (χ4n) is 3.27. The summed E-state index contributed by atoms with van der Waals surface area (Å²) in [4.78, 5) is 19.4. The Morgan fingerprint density at radius 2 is 2.19 bits per heavy atom. The molecule has 130 valence electrons. The number of imidazole rings is 1. The molecule has 0 spiro atoms. The van der Waals surface area contributed by atoms with E-state index < -0.39 is 0 Å². The molecule has 0 fully saturated rings. The van der Waals surface area contributed by atoms with Crippen molar-refractivity contribution in [1.82, 2.24) is 19.3 Å². The fraction of sp³-hybridized carbons (Fsp3) is 0.263. The van der Waals surface area contributed by atoms with Gasteiger partial charge in [-0.1, -0.05) is 12.1 Å². The molecule has 1 aliphatic rings. The second-order valence-electron chi connectivity index (χ2n) is 6.15. The van der Waals surface area contributed by atoms with Crippen LogP contribution >= 0.6 is 0 Å². The van der Waals surface area contributed by atoms with Crippen molar-refractivity contribution in [2.45, 2.75) is 26.4 Å². The van der Waals surface area contributed by atoms with Gasteiger partial charge in [0, 0.05) is 37.6 Å². The number of rotatable bonds is 3. The zero-order valence-electron chi connectivity index (χ0n) is 14.5. The van der Waals surface area contributed by atoms with Gasteiger partial charge in [0.25, 0.3) is 5.91 Å². The Labute approximate surface area is 151 Å². The highest BCUT2D eigenvalue weighted by atomic mass is 16.2. The minimum absolute atomic E-state index is 0.0896. The quantitative estimate of drug-likeness (QED) is 0.730. The number of carbonyl (C=O) groups is 1. The molecule has 1 aromatic carbocycles. The highest BCUT2D eigenvalue weighted by Gasteiger charge is 2.28. The number of benzene rings is 1. The first-order valence-corrected chi connectivity index (χ1v) is 8.62.